The molecule has 0 bridgehead atoms. The van der Waals surface area contributed by atoms with Crippen LogP contribution >= 0.6 is 0 Å². The van der Waals surface area contributed by atoms with Gasteiger partial charge in [0.2, 0.25) is 0 Å². The third-order valence-electron chi connectivity index (χ3n) is 5.47. The Balaban J connectivity index is 1.55. The molecule has 0 radical (unpaired) electrons. The van der Waals surface area contributed by atoms with Crippen LogP contribution in [0.5, 0.6) is 0 Å². The Morgan fingerprint density at radius 2 is 1.09 bits per heavy atom. The number of rotatable bonds is 5. The van der Waals surface area contributed by atoms with Crippen molar-refractivity contribution < 1.29 is 13.0 Å². The van der Waals surface area contributed by atoms with Gasteiger partial charge in [-0.25, -0.2) is 0 Å². The number of anilines is 1. The molecule has 9 heteroatoms. The summed E-state index contributed by atoms with van der Waals surface area (Å²) in [5.41, 5.74) is 9.01. The molecule has 35 heavy (non-hydrogen) atoms. The fourth-order valence-corrected chi connectivity index (χ4v) is 4.24. The Labute approximate surface area is 201 Å². The molecule has 0 amide bonds. The molecule has 0 aromatic heterocycles. The Bertz CT molecular complexity index is 1730. The fourth-order valence-electron chi connectivity index (χ4n) is 3.74. The van der Waals surface area contributed by atoms with Crippen molar-refractivity contribution in [3.63, 3.8) is 0 Å². The van der Waals surface area contributed by atoms with E-state index >= 15 is 0 Å². The van der Waals surface area contributed by atoms with E-state index in [2.05, 4.69) is 20.5 Å². The molecule has 3 N–H and O–H groups in total. The number of hydrogen-bond acceptors (Lipinski definition) is 7. The van der Waals surface area contributed by atoms with Gasteiger partial charge in [0.25, 0.3) is 10.1 Å². The topological polar surface area (TPSA) is 130 Å². The van der Waals surface area contributed by atoms with Gasteiger partial charge in [0.1, 0.15) is 0 Å². The zero-order valence-electron chi connectivity index (χ0n) is 18.3. The van der Waals surface area contributed by atoms with Crippen molar-refractivity contribution in [3.8, 4) is 0 Å². The minimum Gasteiger partial charge on any atom is -0.398 e. The van der Waals surface area contributed by atoms with Crippen LogP contribution in [0.2, 0.25) is 0 Å². The largest absolute Gasteiger partial charge is 0.398 e. The molecule has 0 unspecified atom stereocenters. The second-order valence-electron chi connectivity index (χ2n) is 7.74. The summed E-state index contributed by atoms with van der Waals surface area (Å²) >= 11 is 0. The summed E-state index contributed by atoms with van der Waals surface area (Å²) in [5, 5.41) is 20.4. The van der Waals surface area contributed by atoms with E-state index in [-0.39, 0.29) is 4.90 Å². The molecule has 0 fully saturated rings. The van der Waals surface area contributed by atoms with Gasteiger partial charge in [-0.3, -0.25) is 4.55 Å². The fraction of sp³-hybridized carbons (Fsp3) is 0. The van der Waals surface area contributed by atoms with Crippen LogP contribution < -0.4 is 5.73 Å². The first-order valence-electron chi connectivity index (χ1n) is 10.6. The predicted molar refractivity (Wildman–Crippen MR) is 137 cm³/mol. The average Bonchev–Trinajstić information content (AvgIpc) is 2.87. The van der Waals surface area contributed by atoms with E-state index < -0.39 is 10.1 Å². The van der Waals surface area contributed by atoms with E-state index in [0.29, 0.717) is 33.5 Å². The lowest BCUT2D eigenvalue weighted by atomic mass is 10.1. The van der Waals surface area contributed by atoms with Gasteiger partial charge in [-0.15, -0.1) is 15.3 Å². The number of nitrogen functional groups attached to an aromatic ring is 1. The first-order chi connectivity index (χ1) is 16.9. The number of hydrogen-bond donors (Lipinski definition) is 2. The summed E-state index contributed by atoms with van der Waals surface area (Å²) in [6.45, 7) is 0. The molecule has 0 saturated carbocycles. The minimum atomic E-state index is -4.36. The number of azo groups is 2. The second-order valence-corrected chi connectivity index (χ2v) is 9.16. The minimum absolute atomic E-state index is 0.239. The van der Waals surface area contributed by atoms with E-state index in [4.69, 9.17) is 5.73 Å². The molecule has 0 heterocycles. The maximum absolute atomic E-state index is 11.5. The highest BCUT2D eigenvalue weighted by Crippen LogP contribution is 2.37. The molecule has 0 spiro atoms. The lowest BCUT2D eigenvalue weighted by molar-refractivity contribution is 0.483. The van der Waals surface area contributed by atoms with Crippen molar-refractivity contribution in [3.05, 3.63) is 97.1 Å². The van der Waals surface area contributed by atoms with Crippen molar-refractivity contribution >= 4 is 60.1 Å². The van der Waals surface area contributed by atoms with E-state index in [1.54, 1.807) is 18.2 Å². The number of benzene rings is 5. The smallest absolute Gasteiger partial charge is 0.294 e. The lowest BCUT2D eigenvalue weighted by Crippen LogP contribution is -1.98. The Hall–Kier alpha value is -4.47. The first kappa shape index (κ1) is 22.3. The zero-order chi connectivity index (χ0) is 24.4. The maximum Gasteiger partial charge on any atom is 0.294 e. The molecule has 0 aliphatic rings. The normalized spacial score (nSPS) is 12.3. The predicted octanol–water partition coefficient (Wildman–Crippen LogP) is 7.65. The Morgan fingerprint density at radius 3 is 1.69 bits per heavy atom. The quantitative estimate of drug-likeness (QED) is 0.152. The van der Waals surface area contributed by atoms with Crippen LogP contribution in [0.25, 0.3) is 21.5 Å². The van der Waals surface area contributed by atoms with Gasteiger partial charge in [-0.05, 0) is 48.5 Å². The summed E-state index contributed by atoms with van der Waals surface area (Å²) < 4.78 is 32.4. The molecule has 5 rings (SSSR count). The van der Waals surface area contributed by atoms with Crippen molar-refractivity contribution in [2.45, 2.75) is 4.90 Å². The van der Waals surface area contributed by atoms with Crippen LogP contribution in [0.3, 0.4) is 0 Å². The van der Waals surface area contributed by atoms with Crippen molar-refractivity contribution in [1.82, 2.24) is 0 Å². The summed E-state index contributed by atoms with van der Waals surface area (Å²) in [5.74, 6) is 0. The van der Waals surface area contributed by atoms with Crippen molar-refractivity contribution in [2.75, 3.05) is 5.73 Å². The molecular formula is C26H19N5O3S. The van der Waals surface area contributed by atoms with Gasteiger partial charge in [0, 0.05) is 27.2 Å². The van der Waals surface area contributed by atoms with Gasteiger partial charge in [-0.1, -0.05) is 48.5 Å². The van der Waals surface area contributed by atoms with E-state index in [9.17, 15) is 13.0 Å². The Morgan fingerprint density at radius 1 is 0.571 bits per heavy atom. The highest BCUT2D eigenvalue weighted by molar-refractivity contribution is 7.85. The number of nitrogens with two attached hydrogens (primary N) is 1. The van der Waals surface area contributed by atoms with Gasteiger partial charge in [0.05, 0.1) is 27.6 Å². The molecule has 0 aliphatic carbocycles. The lowest BCUT2D eigenvalue weighted by Gasteiger charge is -2.07. The third kappa shape index (κ3) is 4.63. The summed E-state index contributed by atoms with van der Waals surface area (Å²) in [4.78, 5) is -0.239. The molecule has 8 nitrogen and oxygen atoms in total. The van der Waals surface area contributed by atoms with Gasteiger partial charge < -0.3 is 5.73 Å². The van der Waals surface area contributed by atoms with Crippen LogP contribution in [-0.4, -0.2) is 13.0 Å². The molecule has 0 atom stereocenters. The summed E-state index contributed by atoms with van der Waals surface area (Å²) in [7, 11) is -4.36. The second kappa shape index (κ2) is 9.05. The molecule has 0 aliphatic heterocycles. The number of fused-ring (bicyclic) bond motifs is 2. The standard InChI is InChI=1S/C26H19N5O3S/c27-23-12-13-24(21-11-10-18(16-22(21)23)35(32,33)34)30-31-26-15-14-25(19-8-4-5-9-20(19)26)29-28-17-6-2-1-3-7-17/h1-16H,27H2,(H,32,33,34)/b29-28+,31-30+. The molecule has 0 saturated heterocycles. The van der Waals surface area contributed by atoms with E-state index in [0.717, 1.165) is 16.5 Å². The maximum atomic E-state index is 11.5. The van der Waals surface area contributed by atoms with Crippen LogP contribution in [0.1, 0.15) is 0 Å². The van der Waals surface area contributed by atoms with Gasteiger partial charge >= 0.3 is 0 Å². The third-order valence-corrected chi connectivity index (χ3v) is 6.32. The van der Waals surface area contributed by atoms with Crippen LogP contribution in [0, 0.1) is 0 Å². The molecule has 5 aromatic carbocycles. The van der Waals surface area contributed by atoms with Gasteiger partial charge in [0.15, 0.2) is 0 Å². The van der Waals surface area contributed by atoms with E-state index in [1.165, 1.54) is 12.1 Å². The van der Waals surface area contributed by atoms with E-state index in [1.807, 2.05) is 66.7 Å². The highest BCUT2D eigenvalue weighted by Gasteiger charge is 2.13. The first-order valence-corrected chi connectivity index (χ1v) is 12.0. The van der Waals surface area contributed by atoms with Crippen LogP contribution in [0.15, 0.2) is 122 Å². The Kier molecular flexibility index (Phi) is 5.77. The van der Waals surface area contributed by atoms with Crippen molar-refractivity contribution in [2.24, 2.45) is 20.5 Å². The SMILES string of the molecule is Nc1ccc(/N=N/c2ccc(/N=N/c3ccccc3)c3ccccc23)c2ccc(S(=O)(=O)O)cc12. The molecule has 172 valence electrons. The highest BCUT2D eigenvalue weighted by atomic mass is 32.2. The summed E-state index contributed by atoms with van der Waals surface area (Å²) in [6.07, 6.45) is 0. The van der Waals surface area contributed by atoms with Crippen molar-refractivity contribution in [1.29, 1.82) is 0 Å². The van der Waals surface area contributed by atoms with Crippen LogP contribution in [0.4, 0.5) is 28.4 Å². The van der Waals surface area contributed by atoms with Crippen LogP contribution in [-0.2, 0) is 10.1 Å². The number of nitrogens with zero attached hydrogens (tertiary/aromatic N) is 4. The molecule has 5 aromatic rings. The molecular weight excluding hydrogens is 462 g/mol. The summed E-state index contributed by atoms with van der Waals surface area (Å²) in [6, 6.07) is 28.4. The average molecular weight is 482 g/mol. The monoisotopic (exact) mass is 481 g/mol. The van der Waals surface area contributed by atoms with Gasteiger partial charge in [-0.2, -0.15) is 13.5 Å². The zero-order valence-corrected chi connectivity index (χ0v) is 19.1.